The van der Waals surface area contributed by atoms with Crippen molar-refractivity contribution in [1.29, 1.82) is 0 Å². The molecule has 2 rings (SSSR count). The zero-order chi connectivity index (χ0) is 23.1. The van der Waals surface area contributed by atoms with E-state index in [0.717, 1.165) is 16.1 Å². The van der Waals surface area contributed by atoms with Crippen LogP contribution in [0, 0.1) is 6.92 Å². The van der Waals surface area contributed by atoms with Gasteiger partial charge in [-0.2, -0.15) is 13.2 Å². The van der Waals surface area contributed by atoms with E-state index in [1.54, 1.807) is 0 Å². The van der Waals surface area contributed by atoms with Crippen LogP contribution in [0.4, 0.5) is 18.3 Å². The molecule has 0 spiro atoms. The van der Waals surface area contributed by atoms with Crippen LogP contribution in [0.25, 0.3) is 10.4 Å². The monoisotopic (exact) mass is 459 g/mol. The Bertz CT molecular complexity index is 886. The molecule has 7 nitrogen and oxygen atoms in total. The maximum absolute atomic E-state index is 12.3. The maximum Gasteiger partial charge on any atom is 0.453 e. The maximum atomic E-state index is 12.3. The standard InChI is InChI=1S/C20H24F3N3O4S/c1-13-16(14-9-5-4-6-10-14)31-18(25-13)26-15(27)11-7-2-3-8-12-24-17(28)19(29,30)20(21,22)23/h4-6,9-10,29-30H,2-3,7-8,11-12H2,1H3,(H,24,28)(H,25,26,27). The summed E-state index contributed by atoms with van der Waals surface area (Å²) >= 11 is 1.39. The van der Waals surface area contributed by atoms with Crippen LogP contribution in [-0.2, 0) is 9.59 Å². The number of carbonyl (C=O) groups is 2. The summed E-state index contributed by atoms with van der Waals surface area (Å²) in [7, 11) is 0. The van der Waals surface area contributed by atoms with E-state index in [4.69, 9.17) is 10.2 Å². The first-order chi connectivity index (χ1) is 14.5. The molecule has 0 bridgehead atoms. The third-order valence-electron chi connectivity index (χ3n) is 4.41. The van der Waals surface area contributed by atoms with Gasteiger partial charge < -0.3 is 20.8 Å². The van der Waals surface area contributed by atoms with Gasteiger partial charge >= 0.3 is 12.0 Å². The van der Waals surface area contributed by atoms with Crippen molar-refractivity contribution in [3.63, 3.8) is 0 Å². The summed E-state index contributed by atoms with van der Waals surface area (Å²) in [4.78, 5) is 28.6. The van der Waals surface area contributed by atoms with Crippen LogP contribution < -0.4 is 10.6 Å². The number of alkyl halides is 3. The Balaban J connectivity index is 1.65. The fourth-order valence-electron chi connectivity index (χ4n) is 2.71. The lowest BCUT2D eigenvalue weighted by Gasteiger charge is -2.22. The van der Waals surface area contributed by atoms with E-state index in [2.05, 4.69) is 10.3 Å². The average Bonchev–Trinajstić information content (AvgIpc) is 3.06. The Morgan fingerprint density at radius 2 is 1.71 bits per heavy atom. The van der Waals surface area contributed by atoms with Crippen LogP contribution >= 0.6 is 11.3 Å². The molecule has 170 valence electrons. The lowest BCUT2D eigenvalue weighted by Crippen LogP contribution is -2.57. The van der Waals surface area contributed by atoms with Crippen LogP contribution in [0.5, 0.6) is 0 Å². The van der Waals surface area contributed by atoms with Gasteiger partial charge in [-0.3, -0.25) is 9.59 Å². The number of rotatable bonds is 10. The number of benzene rings is 1. The van der Waals surface area contributed by atoms with E-state index in [1.807, 2.05) is 42.6 Å². The van der Waals surface area contributed by atoms with Gasteiger partial charge in [0.1, 0.15) is 0 Å². The summed E-state index contributed by atoms with van der Waals surface area (Å²) in [5, 5.41) is 22.7. The van der Waals surface area contributed by atoms with Crippen LogP contribution in [0.3, 0.4) is 0 Å². The van der Waals surface area contributed by atoms with Crippen molar-refractivity contribution in [3.05, 3.63) is 36.0 Å². The Morgan fingerprint density at radius 3 is 2.35 bits per heavy atom. The van der Waals surface area contributed by atoms with Crippen molar-refractivity contribution < 1.29 is 33.0 Å². The molecule has 1 aromatic heterocycles. The molecule has 0 unspecified atom stereocenters. The average molecular weight is 459 g/mol. The van der Waals surface area contributed by atoms with Crippen LogP contribution in [0.15, 0.2) is 30.3 Å². The van der Waals surface area contributed by atoms with Gasteiger partial charge in [-0.15, -0.1) is 0 Å². The Morgan fingerprint density at radius 1 is 1.06 bits per heavy atom. The van der Waals surface area contributed by atoms with Crippen LogP contribution in [-0.4, -0.2) is 45.5 Å². The highest BCUT2D eigenvalue weighted by Gasteiger charge is 2.58. The number of halogens is 3. The quantitative estimate of drug-likeness (QED) is 0.322. The minimum atomic E-state index is -5.47. The first-order valence-corrected chi connectivity index (χ1v) is 10.5. The molecule has 0 atom stereocenters. The van der Waals surface area contributed by atoms with Gasteiger partial charge in [0.2, 0.25) is 5.91 Å². The number of thiazole rings is 1. The molecule has 0 saturated carbocycles. The van der Waals surface area contributed by atoms with Gasteiger partial charge in [0.15, 0.2) is 5.13 Å². The first kappa shape index (κ1) is 24.8. The van der Waals surface area contributed by atoms with Gasteiger partial charge in [0.25, 0.3) is 5.91 Å². The molecule has 1 aromatic carbocycles. The molecule has 1 heterocycles. The van der Waals surface area contributed by atoms with E-state index in [9.17, 15) is 22.8 Å². The molecule has 11 heteroatoms. The number of unbranched alkanes of at least 4 members (excludes halogenated alkanes) is 3. The van der Waals surface area contributed by atoms with E-state index in [0.29, 0.717) is 30.8 Å². The van der Waals surface area contributed by atoms with Gasteiger partial charge in [-0.1, -0.05) is 54.5 Å². The Kier molecular flexibility index (Phi) is 8.54. The highest BCUT2D eigenvalue weighted by Crippen LogP contribution is 2.32. The molecule has 2 aromatic rings. The number of aliphatic hydroxyl groups is 2. The van der Waals surface area contributed by atoms with Gasteiger partial charge in [0, 0.05) is 13.0 Å². The third kappa shape index (κ3) is 7.01. The normalized spacial score (nSPS) is 11.9. The summed E-state index contributed by atoms with van der Waals surface area (Å²) in [5.74, 6) is -6.50. The van der Waals surface area contributed by atoms with E-state index < -0.39 is 17.9 Å². The first-order valence-electron chi connectivity index (χ1n) is 9.65. The minimum absolute atomic E-state index is 0.134. The fraction of sp³-hybridized carbons (Fsp3) is 0.450. The van der Waals surface area contributed by atoms with Crippen molar-refractivity contribution in [2.45, 2.75) is 51.0 Å². The predicted molar refractivity (Wildman–Crippen MR) is 110 cm³/mol. The van der Waals surface area contributed by atoms with Crippen LogP contribution in [0.2, 0.25) is 0 Å². The second-order valence-electron chi connectivity index (χ2n) is 6.94. The number of aryl methyl sites for hydroxylation is 1. The molecular weight excluding hydrogens is 435 g/mol. The van der Waals surface area contributed by atoms with Gasteiger partial charge in [0.05, 0.1) is 10.6 Å². The Labute approximate surface area is 181 Å². The summed E-state index contributed by atoms with van der Waals surface area (Å²) in [6, 6.07) is 9.72. The minimum Gasteiger partial charge on any atom is -0.351 e. The zero-order valence-electron chi connectivity index (χ0n) is 16.8. The number of nitrogens with one attached hydrogen (secondary N) is 2. The summed E-state index contributed by atoms with van der Waals surface area (Å²) < 4.78 is 36.9. The smallest absolute Gasteiger partial charge is 0.351 e. The molecule has 0 fully saturated rings. The zero-order valence-corrected chi connectivity index (χ0v) is 17.6. The molecule has 2 amide bonds. The lowest BCUT2D eigenvalue weighted by atomic mass is 10.1. The van der Waals surface area contributed by atoms with Crippen molar-refractivity contribution in [3.8, 4) is 10.4 Å². The number of nitrogens with zero attached hydrogens (tertiary/aromatic N) is 1. The predicted octanol–water partition coefficient (Wildman–Crippen LogP) is 3.37. The van der Waals surface area contributed by atoms with E-state index in [1.165, 1.54) is 11.3 Å². The molecule has 0 aliphatic carbocycles. The Hall–Kier alpha value is -2.50. The van der Waals surface area contributed by atoms with E-state index in [-0.39, 0.29) is 18.9 Å². The molecule has 31 heavy (non-hydrogen) atoms. The highest BCUT2D eigenvalue weighted by molar-refractivity contribution is 7.19. The van der Waals surface area contributed by atoms with Gasteiger partial charge in [-0.05, 0) is 25.3 Å². The number of carbonyl (C=O) groups excluding carboxylic acids is 2. The van der Waals surface area contributed by atoms with Crippen molar-refractivity contribution in [2.24, 2.45) is 0 Å². The number of anilines is 1. The second kappa shape index (κ2) is 10.7. The molecule has 0 saturated heterocycles. The molecule has 0 aliphatic heterocycles. The summed E-state index contributed by atoms with van der Waals surface area (Å²) in [5.41, 5.74) is 1.86. The number of hydrogen-bond acceptors (Lipinski definition) is 6. The number of amides is 2. The highest BCUT2D eigenvalue weighted by atomic mass is 32.1. The topological polar surface area (TPSA) is 112 Å². The molecule has 0 radical (unpaired) electrons. The fourth-order valence-corrected chi connectivity index (χ4v) is 3.70. The second-order valence-corrected chi connectivity index (χ2v) is 7.94. The third-order valence-corrected chi connectivity index (χ3v) is 5.53. The van der Waals surface area contributed by atoms with Crippen molar-refractivity contribution >= 4 is 28.3 Å². The lowest BCUT2D eigenvalue weighted by molar-refractivity contribution is -0.328. The molecular formula is C20H24F3N3O4S. The van der Waals surface area contributed by atoms with Gasteiger partial charge in [-0.25, -0.2) is 4.98 Å². The number of hydrogen-bond donors (Lipinski definition) is 4. The largest absolute Gasteiger partial charge is 0.453 e. The molecule has 4 N–H and O–H groups in total. The SMILES string of the molecule is Cc1nc(NC(=O)CCCCCCNC(=O)C(O)(O)C(F)(F)F)sc1-c1ccccc1. The summed E-state index contributed by atoms with van der Waals surface area (Å²) in [6.07, 6.45) is -3.13. The van der Waals surface area contributed by atoms with Crippen LogP contribution in [0.1, 0.15) is 37.8 Å². The van der Waals surface area contributed by atoms with Crippen molar-refractivity contribution in [1.82, 2.24) is 10.3 Å². The summed E-state index contributed by atoms with van der Waals surface area (Å²) in [6.45, 7) is 1.74. The number of aromatic nitrogens is 1. The van der Waals surface area contributed by atoms with E-state index >= 15 is 0 Å². The molecule has 0 aliphatic rings. The van der Waals surface area contributed by atoms with Crippen molar-refractivity contribution in [2.75, 3.05) is 11.9 Å².